The van der Waals surface area contributed by atoms with Crippen molar-refractivity contribution in [1.82, 2.24) is 5.32 Å². The molecular formula is C18H20Cl3NO3. The van der Waals surface area contributed by atoms with Gasteiger partial charge in [-0.3, -0.25) is 0 Å². The molecule has 0 aliphatic carbocycles. The Morgan fingerprint density at radius 2 is 1.84 bits per heavy atom. The first-order chi connectivity index (χ1) is 12.0. The van der Waals surface area contributed by atoms with Crippen LogP contribution in [0, 0.1) is 0 Å². The second-order valence-corrected chi connectivity index (χ2v) is 6.51. The Hall–Kier alpha value is -1.17. The van der Waals surface area contributed by atoms with Gasteiger partial charge in [0, 0.05) is 28.7 Å². The van der Waals surface area contributed by atoms with Gasteiger partial charge in [0.25, 0.3) is 0 Å². The summed E-state index contributed by atoms with van der Waals surface area (Å²) in [7, 11) is 0. The molecule has 0 spiro atoms. The number of hydrogen-bond acceptors (Lipinski definition) is 4. The van der Waals surface area contributed by atoms with Gasteiger partial charge < -0.3 is 19.9 Å². The minimum atomic E-state index is 0.0785. The first-order valence-electron chi connectivity index (χ1n) is 7.88. The van der Waals surface area contributed by atoms with Crippen LogP contribution in [0.5, 0.6) is 11.5 Å². The van der Waals surface area contributed by atoms with Crippen LogP contribution in [-0.2, 0) is 13.2 Å². The Morgan fingerprint density at radius 3 is 2.52 bits per heavy atom. The zero-order chi connectivity index (χ0) is 18.2. The zero-order valence-electron chi connectivity index (χ0n) is 13.8. The molecule has 0 fully saturated rings. The van der Waals surface area contributed by atoms with Gasteiger partial charge in [-0.15, -0.1) is 0 Å². The van der Waals surface area contributed by atoms with E-state index in [0.717, 1.165) is 11.1 Å². The van der Waals surface area contributed by atoms with Gasteiger partial charge >= 0.3 is 0 Å². The highest BCUT2D eigenvalue weighted by Gasteiger charge is 2.14. The van der Waals surface area contributed by atoms with E-state index in [1.165, 1.54) is 0 Å². The van der Waals surface area contributed by atoms with E-state index < -0.39 is 0 Å². The number of ether oxygens (including phenoxy) is 2. The summed E-state index contributed by atoms with van der Waals surface area (Å²) in [6, 6.07) is 8.92. The Morgan fingerprint density at radius 1 is 1.04 bits per heavy atom. The second-order valence-electron chi connectivity index (χ2n) is 5.26. The van der Waals surface area contributed by atoms with Crippen LogP contribution < -0.4 is 14.8 Å². The standard InChI is InChI=1S/C18H20Cl3NO3/c1-2-24-17-8-12(10-22-5-6-23)7-16(21)18(17)25-11-13-3-4-14(19)9-15(13)20/h3-4,7-9,22-23H,2,5-6,10-11H2,1H3. The van der Waals surface area contributed by atoms with Crippen molar-refractivity contribution in [3.63, 3.8) is 0 Å². The maximum atomic E-state index is 8.85. The summed E-state index contributed by atoms with van der Waals surface area (Å²) in [5.41, 5.74) is 1.75. The quantitative estimate of drug-likeness (QED) is 0.594. The smallest absolute Gasteiger partial charge is 0.180 e. The van der Waals surface area contributed by atoms with Gasteiger partial charge in [-0.05, 0) is 36.8 Å². The Kier molecular flexibility index (Phi) is 8.13. The van der Waals surface area contributed by atoms with E-state index in [-0.39, 0.29) is 13.2 Å². The fourth-order valence-corrected chi connectivity index (χ4v) is 2.98. The van der Waals surface area contributed by atoms with Crippen molar-refractivity contribution >= 4 is 34.8 Å². The summed E-state index contributed by atoms with van der Waals surface area (Å²) >= 11 is 18.5. The summed E-state index contributed by atoms with van der Waals surface area (Å²) in [5, 5.41) is 13.5. The van der Waals surface area contributed by atoms with Gasteiger partial charge in [-0.25, -0.2) is 0 Å². The van der Waals surface area contributed by atoms with Crippen LogP contribution in [0.4, 0.5) is 0 Å². The molecule has 0 saturated heterocycles. The SMILES string of the molecule is CCOc1cc(CNCCO)cc(Cl)c1OCc1ccc(Cl)cc1Cl. The molecule has 7 heteroatoms. The van der Waals surface area contributed by atoms with E-state index in [0.29, 0.717) is 46.3 Å². The van der Waals surface area contributed by atoms with Crippen LogP contribution in [0.3, 0.4) is 0 Å². The molecule has 2 aromatic rings. The van der Waals surface area contributed by atoms with E-state index >= 15 is 0 Å². The van der Waals surface area contributed by atoms with Crippen molar-refractivity contribution in [3.05, 3.63) is 56.5 Å². The molecule has 0 aliphatic heterocycles. The number of halogens is 3. The zero-order valence-corrected chi connectivity index (χ0v) is 16.1. The van der Waals surface area contributed by atoms with Crippen molar-refractivity contribution in [3.8, 4) is 11.5 Å². The van der Waals surface area contributed by atoms with Crippen LogP contribution in [0.1, 0.15) is 18.1 Å². The lowest BCUT2D eigenvalue weighted by molar-refractivity contribution is 0.269. The topological polar surface area (TPSA) is 50.7 Å². The molecule has 0 unspecified atom stereocenters. The number of aliphatic hydroxyl groups excluding tert-OH is 1. The summed E-state index contributed by atoms with van der Waals surface area (Å²) in [5.74, 6) is 1.04. The van der Waals surface area contributed by atoms with E-state index in [2.05, 4.69) is 5.32 Å². The molecule has 0 atom stereocenters. The van der Waals surface area contributed by atoms with Gasteiger partial charge in [-0.1, -0.05) is 40.9 Å². The van der Waals surface area contributed by atoms with Crippen LogP contribution in [0.25, 0.3) is 0 Å². The Bertz CT molecular complexity index is 710. The molecule has 25 heavy (non-hydrogen) atoms. The molecule has 0 amide bonds. The van der Waals surface area contributed by atoms with Crippen molar-refractivity contribution in [2.75, 3.05) is 19.8 Å². The van der Waals surface area contributed by atoms with E-state index in [1.54, 1.807) is 12.1 Å². The third-order valence-electron chi connectivity index (χ3n) is 3.37. The van der Waals surface area contributed by atoms with Gasteiger partial charge in [0.05, 0.1) is 18.2 Å². The summed E-state index contributed by atoms with van der Waals surface area (Å²) in [6.07, 6.45) is 0. The molecule has 0 aromatic heterocycles. The fraction of sp³-hybridized carbons (Fsp3) is 0.333. The third kappa shape index (κ3) is 5.94. The maximum absolute atomic E-state index is 8.85. The average molecular weight is 405 g/mol. The minimum Gasteiger partial charge on any atom is -0.490 e. The van der Waals surface area contributed by atoms with Gasteiger partial charge in [0.1, 0.15) is 6.61 Å². The summed E-state index contributed by atoms with van der Waals surface area (Å²) in [6.45, 7) is 3.79. The maximum Gasteiger partial charge on any atom is 0.180 e. The van der Waals surface area contributed by atoms with Crippen LogP contribution in [0.15, 0.2) is 30.3 Å². The number of aliphatic hydroxyl groups is 1. The highest BCUT2D eigenvalue weighted by molar-refractivity contribution is 6.35. The van der Waals surface area contributed by atoms with E-state index in [1.807, 2.05) is 25.1 Å². The molecule has 0 aliphatic rings. The number of hydrogen-bond donors (Lipinski definition) is 2. The number of benzene rings is 2. The lowest BCUT2D eigenvalue weighted by Gasteiger charge is -2.16. The average Bonchev–Trinajstić information content (AvgIpc) is 2.56. The van der Waals surface area contributed by atoms with Crippen molar-refractivity contribution in [1.29, 1.82) is 0 Å². The second kappa shape index (κ2) is 10.1. The molecule has 0 saturated carbocycles. The minimum absolute atomic E-state index is 0.0785. The third-order valence-corrected chi connectivity index (χ3v) is 4.24. The van der Waals surface area contributed by atoms with Gasteiger partial charge in [-0.2, -0.15) is 0 Å². The highest BCUT2D eigenvalue weighted by Crippen LogP contribution is 2.37. The van der Waals surface area contributed by atoms with E-state index in [9.17, 15) is 0 Å². The Balaban J connectivity index is 2.17. The molecule has 2 N–H and O–H groups in total. The molecule has 0 radical (unpaired) electrons. The number of nitrogens with one attached hydrogen (secondary N) is 1. The molecule has 136 valence electrons. The summed E-state index contributed by atoms with van der Waals surface area (Å²) in [4.78, 5) is 0. The first-order valence-corrected chi connectivity index (χ1v) is 9.02. The normalized spacial score (nSPS) is 10.8. The molecule has 0 heterocycles. The van der Waals surface area contributed by atoms with Crippen LogP contribution >= 0.6 is 34.8 Å². The fourth-order valence-electron chi connectivity index (χ4n) is 2.23. The van der Waals surface area contributed by atoms with Crippen LogP contribution in [-0.4, -0.2) is 24.9 Å². The van der Waals surface area contributed by atoms with E-state index in [4.69, 9.17) is 49.4 Å². The molecular weight excluding hydrogens is 385 g/mol. The highest BCUT2D eigenvalue weighted by atomic mass is 35.5. The van der Waals surface area contributed by atoms with Gasteiger partial charge in [0.2, 0.25) is 0 Å². The largest absolute Gasteiger partial charge is 0.490 e. The molecule has 0 bridgehead atoms. The summed E-state index contributed by atoms with van der Waals surface area (Å²) < 4.78 is 11.5. The Labute approximate surface area is 162 Å². The monoisotopic (exact) mass is 403 g/mol. The van der Waals surface area contributed by atoms with Crippen molar-refractivity contribution < 1.29 is 14.6 Å². The lowest BCUT2D eigenvalue weighted by Crippen LogP contribution is -2.17. The number of rotatable bonds is 9. The lowest BCUT2D eigenvalue weighted by atomic mass is 10.2. The van der Waals surface area contributed by atoms with Crippen molar-refractivity contribution in [2.24, 2.45) is 0 Å². The predicted molar refractivity (Wildman–Crippen MR) is 102 cm³/mol. The van der Waals surface area contributed by atoms with Crippen LogP contribution in [0.2, 0.25) is 15.1 Å². The molecule has 4 nitrogen and oxygen atoms in total. The molecule has 2 aromatic carbocycles. The first kappa shape index (κ1) is 20.1. The predicted octanol–water partition coefficient (Wildman–Crippen LogP) is 4.71. The molecule has 2 rings (SSSR count). The van der Waals surface area contributed by atoms with Gasteiger partial charge in [0.15, 0.2) is 11.5 Å². The van der Waals surface area contributed by atoms with Crippen molar-refractivity contribution in [2.45, 2.75) is 20.1 Å².